The lowest BCUT2D eigenvalue weighted by molar-refractivity contribution is -0.123. The van der Waals surface area contributed by atoms with Gasteiger partial charge >= 0.3 is 0 Å². The normalized spacial score (nSPS) is 14.0. The van der Waals surface area contributed by atoms with Crippen molar-refractivity contribution in [3.05, 3.63) is 83.7 Å². The zero-order valence-corrected chi connectivity index (χ0v) is 14.7. The molecule has 2 heterocycles. The van der Waals surface area contributed by atoms with E-state index >= 15 is 0 Å². The summed E-state index contributed by atoms with van der Waals surface area (Å²) in [7, 11) is 0. The molecule has 0 spiro atoms. The molecule has 0 fully saturated rings. The summed E-state index contributed by atoms with van der Waals surface area (Å²) >= 11 is 0. The van der Waals surface area contributed by atoms with Gasteiger partial charge in [0, 0.05) is 23.6 Å². The van der Waals surface area contributed by atoms with E-state index in [1.165, 1.54) is 5.56 Å². The molecular formula is C22H20N2O2. The molecular weight excluding hydrogens is 324 g/mol. The summed E-state index contributed by atoms with van der Waals surface area (Å²) in [6.45, 7) is 3.14. The first-order valence-electron chi connectivity index (χ1n) is 8.68. The lowest BCUT2D eigenvalue weighted by Gasteiger charge is -2.23. The number of amides is 1. The minimum Gasteiger partial charge on any atom is -0.367 e. The number of anilines is 1. The maximum Gasteiger partial charge on any atom is 0.253 e. The number of aromatic nitrogens is 1. The number of rotatable bonds is 3. The molecule has 1 aromatic heterocycles. The Hall–Kier alpha value is -2.98. The van der Waals surface area contributed by atoms with Crippen molar-refractivity contribution in [2.75, 3.05) is 11.5 Å². The number of benzene rings is 2. The second kappa shape index (κ2) is 7.10. The largest absolute Gasteiger partial charge is 0.367 e. The van der Waals surface area contributed by atoms with Crippen molar-refractivity contribution in [3.63, 3.8) is 0 Å². The van der Waals surface area contributed by atoms with E-state index < -0.39 is 0 Å². The third-order valence-corrected chi connectivity index (χ3v) is 4.63. The van der Waals surface area contributed by atoms with Crippen LogP contribution in [0, 0.1) is 6.92 Å². The molecule has 0 N–H and O–H groups in total. The second-order valence-corrected chi connectivity index (χ2v) is 6.54. The molecule has 4 nitrogen and oxygen atoms in total. The van der Waals surface area contributed by atoms with Crippen LogP contribution in [0.15, 0.2) is 67.0 Å². The van der Waals surface area contributed by atoms with Crippen molar-refractivity contribution in [2.45, 2.75) is 20.1 Å². The Kier molecular flexibility index (Phi) is 4.50. The van der Waals surface area contributed by atoms with Crippen LogP contribution in [0.2, 0.25) is 0 Å². The molecule has 0 aliphatic carbocycles. The molecule has 2 aromatic carbocycles. The van der Waals surface area contributed by atoms with Crippen LogP contribution in [-0.2, 0) is 22.7 Å². The summed E-state index contributed by atoms with van der Waals surface area (Å²) < 4.78 is 5.61. The van der Waals surface area contributed by atoms with Gasteiger partial charge in [0.25, 0.3) is 5.91 Å². The van der Waals surface area contributed by atoms with Crippen molar-refractivity contribution in [1.29, 1.82) is 0 Å². The number of hydrogen-bond donors (Lipinski definition) is 0. The summed E-state index contributed by atoms with van der Waals surface area (Å²) in [5.74, 6) is -0.0130. The lowest BCUT2D eigenvalue weighted by atomic mass is 10.0. The van der Waals surface area contributed by atoms with Crippen molar-refractivity contribution in [2.24, 2.45) is 0 Å². The van der Waals surface area contributed by atoms with Gasteiger partial charge in [-0.2, -0.15) is 0 Å². The Morgan fingerprint density at radius 1 is 0.962 bits per heavy atom. The Morgan fingerprint density at radius 3 is 2.50 bits per heavy atom. The van der Waals surface area contributed by atoms with Crippen LogP contribution in [0.3, 0.4) is 0 Å². The topological polar surface area (TPSA) is 42.4 Å². The number of carbonyl (C=O) groups is 1. The Bertz CT molecular complexity index is 921. The van der Waals surface area contributed by atoms with Crippen LogP contribution < -0.4 is 4.90 Å². The number of carbonyl (C=O) groups excluding carboxylic acids is 1. The highest BCUT2D eigenvalue weighted by molar-refractivity contribution is 5.95. The molecule has 4 rings (SSSR count). The van der Waals surface area contributed by atoms with Gasteiger partial charge in [-0.3, -0.25) is 9.78 Å². The first-order valence-corrected chi connectivity index (χ1v) is 8.68. The van der Waals surface area contributed by atoms with Crippen LogP contribution in [-0.4, -0.2) is 17.5 Å². The lowest BCUT2D eigenvalue weighted by Crippen LogP contribution is -2.32. The standard InChI is InChI=1S/C22H20N2O2/c1-16-2-4-17(5-3-16)13-24-21-7-6-19(18-8-10-23-11-9-18)12-20(21)14-26-15-22(24)25/h2-12H,13-15H2,1H3. The van der Waals surface area contributed by atoms with Gasteiger partial charge in [-0.25, -0.2) is 0 Å². The minimum absolute atomic E-state index is 0.0130. The highest BCUT2D eigenvalue weighted by atomic mass is 16.5. The van der Waals surface area contributed by atoms with Crippen LogP contribution in [0.1, 0.15) is 16.7 Å². The fourth-order valence-electron chi connectivity index (χ4n) is 3.20. The Balaban J connectivity index is 1.70. The highest BCUT2D eigenvalue weighted by Gasteiger charge is 2.23. The van der Waals surface area contributed by atoms with Gasteiger partial charge in [0.15, 0.2) is 0 Å². The van der Waals surface area contributed by atoms with Gasteiger partial charge in [0.05, 0.1) is 13.2 Å². The number of fused-ring (bicyclic) bond motifs is 1. The van der Waals surface area contributed by atoms with E-state index in [0.29, 0.717) is 13.2 Å². The van der Waals surface area contributed by atoms with Gasteiger partial charge < -0.3 is 9.64 Å². The molecule has 0 atom stereocenters. The monoisotopic (exact) mass is 344 g/mol. The van der Waals surface area contributed by atoms with Crippen LogP contribution in [0.25, 0.3) is 11.1 Å². The fraction of sp³-hybridized carbons (Fsp3) is 0.182. The fourth-order valence-corrected chi connectivity index (χ4v) is 3.20. The maximum absolute atomic E-state index is 12.6. The van der Waals surface area contributed by atoms with Gasteiger partial charge in [-0.1, -0.05) is 35.9 Å². The zero-order chi connectivity index (χ0) is 17.9. The first kappa shape index (κ1) is 16.5. The van der Waals surface area contributed by atoms with Crippen molar-refractivity contribution >= 4 is 11.6 Å². The predicted octanol–water partition coefficient (Wildman–Crippen LogP) is 4.12. The molecule has 0 bridgehead atoms. The summed E-state index contributed by atoms with van der Waals surface area (Å²) in [5.41, 5.74) is 6.46. The number of pyridine rings is 1. The van der Waals surface area contributed by atoms with E-state index in [2.05, 4.69) is 48.3 Å². The molecule has 1 amide bonds. The quantitative estimate of drug-likeness (QED) is 0.718. The molecule has 1 aliphatic rings. The molecule has 4 heteroatoms. The maximum atomic E-state index is 12.6. The molecule has 0 saturated carbocycles. The summed E-state index contributed by atoms with van der Waals surface area (Å²) in [5, 5.41) is 0. The number of nitrogens with zero attached hydrogens (tertiary/aromatic N) is 2. The Morgan fingerprint density at radius 2 is 1.73 bits per heavy atom. The van der Waals surface area contributed by atoms with Gasteiger partial charge in [-0.05, 0) is 47.9 Å². The van der Waals surface area contributed by atoms with Crippen molar-refractivity contribution in [1.82, 2.24) is 4.98 Å². The third kappa shape index (κ3) is 3.37. The summed E-state index contributed by atoms with van der Waals surface area (Å²) in [4.78, 5) is 18.5. The van der Waals surface area contributed by atoms with Crippen molar-refractivity contribution < 1.29 is 9.53 Å². The predicted molar refractivity (Wildman–Crippen MR) is 102 cm³/mol. The molecule has 0 saturated heterocycles. The Labute approximate surface area is 153 Å². The number of ether oxygens (including phenoxy) is 1. The van der Waals surface area contributed by atoms with Gasteiger partial charge in [0.2, 0.25) is 0 Å². The average molecular weight is 344 g/mol. The van der Waals surface area contributed by atoms with Crippen LogP contribution >= 0.6 is 0 Å². The van der Waals surface area contributed by atoms with Crippen LogP contribution in [0.4, 0.5) is 5.69 Å². The number of hydrogen-bond acceptors (Lipinski definition) is 3. The highest BCUT2D eigenvalue weighted by Crippen LogP contribution is 2.31. The zero-order valence-electron chi connectivity index (χ0n) is 14.7. The molecule has 3 aromatic rings. The van der Waals surface area contributed by atoms with E-state index in [4.69, 9.17) is 4.74 Å². The summed E-state index contributed by atoms with van der Waals surface area (Å²) in [6, 6.07) is 18.4. The van der Waals surface area contributed by atoms with E-state index in [9.17, 15) is 4.79 Å². The second-order valence-electron chi connectivity index (χ2n) is 6.54. The number of aryl methyl sites for hydroxylation is 1. The van der Waals surface area contributed by atoms with E-state index in [-0.39, 0.29) is 12.5 Å². The third-order valence-electron chi connectivity index (χ3n) is 4.63. The summed E-state index contributed by atoms with van der Waals surface area (Å²) in [6.07, 6.45) is 3.56. The van der Waals surface area contributed by atoms with Crippen LogP contribution in [0.5, 0.6) is 0 Å². The smallest absolute Gasteiger partial charge is 0.253 e. The van der Waals surface area contributed by atoms with E-state index in [1.54, 1.807) is 12.4 Å². The first-order chi connectivity index (χ1) is 12.7. The van der Waals surface area contributed by atoms with E-state index in [1.807, 2.05) is 23.1 Å². The van der Waals surface area contributed by atoms with Gasteiger partial charge in [0.1, 0.15) is 6.61 Å². The molecule has 130 valence electrons. The molecule has 0 unspecified atom stereocenters. The SMILES string of the molecule is Cc1ccc(CN2C(=O)COCc3cc(-c4ccncc4)ccc32)cc1. The molecule has 26 heavy (non-hydrogen) atoms. The van der Waals surface area contributed by atoms with Gasteiger partial charge in [-0.15, -0.1) is 0 Å². The molecule has 1 aliphatic heterocycles. The van der Waals surface area contributed by atoms with E-state index in [0.717, 1.165) is 27.9 Å². The minimum atomic E-state index is -0.0130. The molecule has 0 radical (unpaired) electrons. The van der Waals surface area contributed by atoms with Crippen molar-refractivity contribution in [3.8, 4) is 11.1 Å². The average Bonchev–Trinajstić information content (AvgIpc) is 2.83.